The van der Waals surface area contributed by atoms with E-state index in [-0.39, 0.29) is 5.69 Å². The molecule has 2 aromatic carbocycles. The Morgan fingerprint density at radius 2 is 2.00 bits per heavy atom. The van der Waals surface area contributed by atoms with Gasteiger partial charge in [-0.2, -0.15) is 4.39 Å². The maximum atomic E-state index is 13.2. The first-order chi connectivity index (χ1) is 9.47. The Labute approximate surface area is 127 Å². The van der Waals surface area contributed by atoms with E-state index in [9.17, 15) is 19.3 Å². The Morgan fingerprint density at radius 1 is 1.25 bits per heavy atom. The van der Waals surface area contributed by atoms with Crippen LogP contribution in [0.4, 0.5) is 15.8 Å². The highest BCUT2D eigenvalue weighted by atomic mass is 127. The van der Waals surface area contributed by atoms with Crippen LogP contribution in [0.2, 0.25) is 0 Å². The molecule has 102 valence electrons. The number of benzene rings is 2. The van der Waals surface area contributed by atoms with E-state index in [1.807, 2.05) is 6.07 Å². The second-order valence-electron chi connectivity index (χ2n) is 3.89. The summed E-state index contributed by atoms with van der Waals surface area (Å²) in [5, 5.41) is 13.1. The molecular weight excluding hydrogens is 378 g/mol. The Balaban J connectivity index is 2.24. The van der Waals surface area contributed by atoms with Gasteiger partial charge in [0.05, 0.1) is 4.92 Å². The Bertz CT molecular complexity index is 691. The number of amides is 1. The SMILES string of the molecule is O=C(Nc1ccc(F)c([N+](=O)[O-])c1)c1cccc(I)c1. The van der Waals surface area contributed by atoms with E-state index < -0.39 is 22.3 Å². The van der Waals surface area contributed by atoms with Crippen LogP contribution >= 0.6 is 22.6 Å². The molecule has 0 atom stereocenters. The van der Waals surface area contributed by atoms with E-state index in [2.05, 4.69) is 27.9 Å². The summed E-state index contributed by atoms with van der Waals surface area (Å²) in [5.41, 5.74) is -0.0868. The zero-order chi connectivity index (χ0) is 14.7. The predicted molar refractivity (Wildman–Crippen MR) is 80.2 cm³/mol. The predicted octanol–water partition coefficient (Wildman–Crippen LogP) is 3.59. The van der Waals surface area contributed by atoms with Gasteiger partial charge in [0.15, 0.2) is 0 Å². The molecule has 2 rings (SSSR count). The molecule has 0 unspecified atom stereocenters. The lowest BCUT2D eigenvalue weighted by atomic mass is 10.2. The monoisotopic (exact) mass is 386 g/mol. The van der Waals surface area contributed by atoms with Crippen LogP contribution in [0, 0.1) is 19.5 Å². The van der Waals surface area contributed by atoms with Gasteiger partial charge in [-0.1, -0.05) is 6.07 Å². The van der Waals surface area contributed by atoms with Crippen molar-refractivity contribution in [2.45, 2.75) is 0 Å². The summed E-state index contributed by atoms with van der Waals surface area (Å²) in [6.45, 7) is 0. The van der Waals surface area contributed by atoms with Crippen LogP contribution in [0.15, 0.2) is 42.5 Å². The van der Waals surface area contributed by atoms with Crippen LogP contribution < -0.4 is 5.32 Å². The van der Waals surface area contributed by atoms with Gasteiger partial charge in [-0.25, -0.2) is 0 Å². The number of anilines is 1. The fraction of sp³-hybridized carbons (Fsp3) is 0. The van der Waals surface area contributed by atoms with E-state index in [0.717, 1.165) is 15.7 Å². The first kappa shape index (κ1) is 14.4. The number of nitrogens with zero attached hydrogens (tertiary/aromatic N) is 1. The molecule has 1 N–H and O–H groups in total. The smallest absolute Gasteiger partial charge is 0.306 e. The number of nitro benzene ring substituents is 1. The molecule has 0 fully saturated rings. The number of rotatable bonds is 3. The fourth-order valence-electron chi connectivity index (χ4n) is 1.56. The lowest BCUT2D eigenvalue weighted by molar-refractivity contribution is -0.387. The van der Waals surface area contributed by atoms with Gasteiger partial charge in [0, 0.05) is 20.9 Å². The molecule has 7 heteroatoms. The quantitative estimate of drug-likeness (QED) is 0.498. The minimum atomic E-state index is -0.942. The molecule has 0 saturated heterocycles. The Morgan fingerprint density at radius 3 is 2.65 bits per heavy atom. The normalized spacial score (nSPS) is 10.1. The maximum absolute atomic E-state index is 13.2. The molecule has 5 nitrogen and oxygen atoms in total. The summed E-state index contributed by atoms with van der Waals surface area (Å²) in [7, 11) is 0. The summed E-state index contributed by atoms with van der Waals surface area (Å²) >= 11 is 2.07. The molecule has 0 bridgehead atoms. The highest BCUT2D eigenvalue weighted by Gasteiger charge is 2.15. The minimum absolute atomic E-state index is 0.168. The maximum Gasteiger partial charge on any atom is 0.306 e. The van der Waals surface area contributed by atoms with Crippen molar-refractivity contribution < 1.29 is 14.1 Å². The summed E-state index contributed by atoms with van der Waals surface area (Å²) in [6, 6.07) is 10.1. The summed E-state index contributed by atoms with van der Waals surface area (Å²) in [5.74, 6) is -1.35. The van der Waals surface area contributed by atoms with E-state index in [1.165, 1.54) is 6.07 Å². The van der Waals surface area contributed by atoms with Gasteiger partial charge in [0.1, 0.15) is 0 Å². The number of nitrogens with one attached hydrogen (secondary N) is 1. The topological polar surface area (TPSA) is 72.2 Å². The zero-order valence-corrected chi connectivity index (χ0v) is 12.1. The third kappa shape index (κ3) is 3.29. The standard InChI is InChI=1S/C13H8FIN2O3/c14-11-5-4-10(7-12(11)17(19)20)16-13(18)8-2-1-3-9(15)6-8/h1-7H,(H,16,18). The van der Waals surface area contributed by atoms with Crippen molar-refractivity contribution in [3.8, 4) is 0 Å². The van der Waals surface area contributed by atoms with Crippen molar-refractivity contribution in [3.05, 3.63) is 67.5 Å². The molecule has 0 aliphatic carbocycles. The van der Waals surface area contributed by atoms with Crippen LogP contribution in [-0.2, 0) is 0 Å². The van der Waals surface area contributed by atoms with Gasteiger partial charge in [-0.05, 0) is 52.9 Å². The molecule has 0 saturated carbocycles. The van der Waals surface area contributed by atoms with Crippen molar-refractivity contribution in [3.63, 3.8) is 0 Å². The fourth-order valence-corrected chi connectivity index (χ4v) is 2.11. The number of hydrogen-bond donors (Lipinski definition) is 1. The lowest BCUT2D eigenvalue weighted by Crippen LogP contribution is -2.12. The van der Waals surface area contributed by atoms with Crippen LogP contribution in [0.25, 0.3) is 0 Å². The largest absolute Gasteiger partial charge is 0.322 e. The van der Waals surface area contributed by atoms with Gasteiger partial charge >= 0.3 is 5.69 Å². The highest BCUT2D eigenvalue weighted by molar-refractivity contribution is 14.1. The summed E-state index contributed by atoms with van der Waals surface area (Å²) in [4.78, 5) is 21.7. The van der Waals surface area contributed by atoms with Crippen molar-refractivity contribution in [2.24, 2.45) is 0 Å². The average molecular weight is 386 g/mol. The number of carbonyl (C=O) groups is 1. The first-order valence-corrected chi connectivity index (χ1v) is 6.56. The minimum Gasteiger partial charge on any atom is -0.322 e. The van der Waals surface area contributed by atoms with E-state index in [4.69, 9.17) is 0 Å². The molecular formula is C13H8FIN2O3. The molecule has 2 aromatic rings. The van der Waals surface area contributed by atoms with Crippen molar-refractivity contribution in [2.75, 3.05) is 5.32 Å². The third-order valence-corrected chi connectivity index (χ3v) is 3.16. The van der Waals surface area contributed by atoms with E-state index in [0.29, 0.717) is 5.56 Å². The van der Waals surface area contributed by atoms with E-state index in [1.54, 1.807) is 18.2 Å². The second kappa shape index (κ2) is 5.95. The number of halogens is 2. The molecule has 0 aliphatic rings. The first-order valence-electron chi connectivity index (χ1n) is 5.48. The van der Waals surface area contributed by atoms with Gasteiger partial charge in [-0.3, -0.25) is 14.9 Å². The van der Waals surface area contributed by atoms with Crippen molar-refractivity contribution in [1.29, 1.82) is 0 Å². The van der Waals surface area contributed by atoms with Crippen molar-refractivity contribution in [1.82, 2.24) is 0 Å². The van der Waals surface area contributed by atoms with Crippen molar-refractivity contribution >= 4 is 39.9 Å². The zero-order valence-electron chi connectivity index (χ0n) is 9.97. The Hall–Kier alpha value is -2.03. The van der Waals surface area contributed by atoms with Crippen LogP contribution in [0.3, 0.4) is 0 Å². The molecule has 0 heterocycles. The van der Waals surface area contributed by atoms with Gasteiger partial charge in [0.2, 0.25) is 5.82 Å². The molecule has 1 amide bonds. The Kier molecular flexibility index (Phi) is 4.28. The summed E-state index contributed by atoms with van der Waals surface area (Å²) in [6.07, 6.45) is 0. The number of nitro groups is 1. The number of carbonyl (C=O) groups excluding carboxylic acids is 1. The summed E-state index contributed by atoms with van der Waals surface area (Å²) < 4.78 is 14.1. The van der Waals surface area contributed by atoms with Crippen LogP contribution in [-0.4, -0.2) is 10.8 Å². The van der Waals surface area contributed by atoms with Gasteiger partial charge in [-0.15, -0.1) is 0 Å². The second-order valence-corrected chi connectivity index (χ2v) is 5.13. The number of hydrogen-bond acceptors (Lipinski definition) is 3. The van der Waals surface area contributed by atoms with E-state index >= 15 is 0 Å². The molecule has 0 radical (unpaired) electrons. The van der Waals surface area contributed by atoms with Crippen LogP contribution in [0.5, 0.6) is 0 Å². The van der Waals surface area contributed by atoms with Gasteiger partial charge in [0.25, 0.3) is 5.91 Å². The third-order valence-electron chi connectivity index (χ3n) is 2.49. The lowest BCUT2D eigenvalue weighted by Gasteiger charge is -2.05. The van der Waals surface area contributed by atoms with Crippen LogP contribution in [0.1, 0.15) is 10.4 Å². The highest BCUT2D eigenvalue weighted by Crippen LogP contribution is 2.22. The average Bonchev–Trinajstić information content (AvgIpc) is 2.40. The molecule has 0 aliphatic heterocycles. The van der Waals surface area contributed by atoms with Gasteiger partial charge < -0.3 is 5.32 Å². The molecule has 20 heavy (non-hydrogen) atoms. The molecule has 0 spiro atoms. The molecule has 0 aromatic heterocycles.